The standard InChI is InChI=1S/C14H17N3O2/c1-4-19-14(18)9-12-10(2)16-17(11(12)3)13-7-5-6-8-15-13/h5-8H,4,9H2,1-3H3. The first kappa shape index (κ1) is 13.3. The van der Waals surface area contributed by atoms with E-state index in [1.54, 1.807) is 17.8 Å². The maximum Gasteiger partial charge on any atom is 0.310 e. The average Bonchev–Trinajstić information content (AvgIpc) is 2.68. The van der Waals surface area contributed by atoms with Crippen LogP contribution < -0.4 is 0 Å². The molecule has 0 bridgehead atoms. The van der Waals surface area contributed by atoms with Crippen molar-refractivity contribution in [3.8, 4) is 5.82 Å². The van der Waals surface area contributed by atoms with Crippen LogP contribution in [0.25, 0.3) is 5.82 Å². The summed E-state index contributed by atoms with van der Waals surface area (Å²) in [6, 6.07) is 5.64. The molecule has 0 amide bonds. The first-order chi connectivity index (χ1) is 9.13. The SMILES string of the molecule is CCOC(=O)Cc1c(C)nn(-c2ccccn2)c1C. The van der Waals surface area contributed by atoms with E-state index in [0.29, 0.717) is 6.61 Å². The number of aryl methyl sites for hydroxylation is 1. The Morgan fingerprint density at radius 3 is 2.79 bits per heavy atom. The number of hydrogen-bond donors (Lipinski definition) is 0. The highest BCUT2D eigenvalue weighted by Crippen LogP contribution is 2.17. The molecule has 0 aromatic carbocycles. The van der Waals surface area contributed by atoms with Gasteiger partial charge in [-0.25, -0.2) is 9.67 Å². The Labute approximate surface area is 112 Å². The molecular formula is C14H17N3O2. The van der Waals surface area contributed by atoms with E-state index in [2.05, 4.69) is 10.1 Å². The molecule has 100 valence electrons. The van der Waals surface area contributed by atoms with Crippen LogP contribution in [0, 0.1) is 13.8 Å². The summed E-state index contributed by atoms with van der Waals surface area (Å²) in [5.74, 6) is 0.521. The number of aromatic nitrogens is 3. The number of carbonyl (C=O) groups is 1. The van der Waals surface area contributed by atoms with Crippen molar-refractivity contribution in [3.05, 3.63) is 41.3 Å². The summed E-state index contributed by atoms with van der Waals surface area (Å²) in [5, 5.41) is 4.44. The summed E-state index contributed by atoms with van der Waals surface area (Å²) in [6.07, 6.45) is 1.97. The molecule has 0 N–H and O–H groups in total. The Kier molecular flexibility index (Phi) is 3.94. The maximum atomic E-state index is 11.6. The van der Waals surface area contributed by atoms with Crippen molar-refractivity contribution < 1.29 is 9.53 Å². The summed E-state index contributed by atoms with van der Waals surface area (Å²) in [4.78, 5) is 15.9. The van der Waals surface area contributed by atoms with Gasteiger partial charge in [-0.05, 0) is 32.9 Å². The molecule has 2 heterocycles. The lowest BCUT2D eigenvalue weighted by Crippen LogP contribution is -2.09. The number of hydrogen-bond acceptors (Lipinski definition) is 4. The summed E-state index contributed by atoms with van der Waals surface area (Å²) in [5.41, 5.74) is 2.66. The predicted molar refractivity (Wildman–Crippen MR) is 71.2 cm³/mol. The number of rotatable bonds is 4. The Bertz CT molecular complexity index is 576. The highest BCUT2D eigenvalue weighted by molar-refractivity contribution is 5.73. The molecule has 2 aromatic rings. The van der Waals surface area contributed by atoms with Crippen LogP contribution in [0.5, 0.6) is 0 Å². The molecule has 0 fully saturated rings. The largest absolute Gasteiger partial charge is 0.466 e. The minimum Gasteiger partial charge on any atom is -0.466 e. The minimum atomic E-state index is -0.228. The number of ether oxygens (including phenoxy) is 1. The monoisotopic (exact) mass is 259 g/mol. The van der Waals surface area contributed by atoms with Crippen molar-refractivity contribution in [2.24, 2.45) is 0 Å². The van der Waals surface area contributed by atoms with E-state index in [-0.39, 0.29) is 12.4 Å². The van der Waals surface area contributed by atoms with Crippen LogP contribution in [-0.2, 0) is 16.0 Å². The Morgan fingerprint density at radius 1 is 1.37 bits per heavy atom. The molecule has 0 saturated carbocycles. The van der Waals surface area contributed by atoms with Crippen molar-refractivity contribution in [1.82, 2.24) is 14.8 Å². The second kappa shape index (κ2) is 5.65. The molecule has 0 saturated heterocycles. The zero-order valence-corrected chi connectivity index (χ0v) is 11.4. The Hall–Kier alpha value is -2.17. The van der Waals surface area contributed by atoms with E-state index in [4.69, 9.17) is 4.74 Å². The lowest BCUT2D eigenvalue weighted by molar-refractivity contribution is -0.142. The van der Waals surface area contributed by atoms with Gasteiger partial charge in [0.15, 0.2) is 5.82 Å². The van der Waals surface area contributed by atoms with E-state index < -0.39 is 0 Å². The van der Waals surface area contributed by atoms with Crippen LogP contribution in [0.15, 0.2) is 24.4 Å². The third-order valence-electron chi connectivity index (χ3n) is 2.93. The first-order valence-corrected chi connectivity index (χ1v) is 6.25. The van der Waals surface area contributed by atoms with Crippen LogP contribution in [0.3, 0.4) is 0 Å². The van der Waals surface area contributed by atoms with E-state index in [1.807, 2.05) is 32.0 Å². The number of nitrogens with zero attached hydrogens (tertiary/aromatic N) is 3. The fourth-order valence-corrected chi connectivity index (χ4v) is 1.99. The Balaban J connectivity index is 2.33. The Morgan fingerprint density at radius 2 is 2.16 bits per heavy atom. The lowest BCUT2D eigenvalue weighted by atomic mass is 10.1. The topological polar surface area (TPSA) is 57.0 Å². The third kappa shape index (κ3) is 2.81. The second-order valence-electron chi connectivity index (χ2n) is 4.23. The van der Waals surface area contributed by atoms with Crippen molar-refractivity contribution in [2.75, 3.05) is 6.61 Å². The quantitative estimate of drug-likeness (QED) is 0.788. The molecule has 0 unspecified atom stereocenters. The van der Waals surface area contributed by atoms with Gasteiger partial charge in [0.05, 0.1) is 18.7 Å². The van der Waals surface area contributed by atoms with E-state index in [9.17, 15) is 4.79 Å². The van der Waals surface area contributed by atoms with Crippen molar-refractivity contribution >= 4 is 5.97 Å². The second-order valence-corrected chi connectivity index (χ2v) is 4.23. The molecule has 19 heavy (non-hydrogen) atoms. The highest BCUT2D eigenvalue weighted by Gasteiger charge is 2.16. The fourth-order valence-electron chi connectivity index (χ4n) is 1.99. The molecule has 2 aromatic heterocycles. The predicted octanol–water partition coefficient (Wildman–Crippen LogP) is 1.99. The van der Waals surface area contributed by atoms with Crippen LogP contribution in [-0.4, -0.2) is 27.3 Å². The number of esters is 1. The zero-order chi connectivity index (χ0) is 13.8. The number of pyridine rings is 1. The molecule has 0 aliphatic heterocycles. The van der Waals surface area contributed by atoms with Crippen molar-refractivity contribution in [3.63, 3.8) is 0 Å². The summed E-state index contributed by atoms with van der Waals surface area (Å²) >= 11 is 0. The maximum absolute atomic E-state index is 11.6. The summed E-state index contributed by atoms with van der Waals surface area (Å²) < 4.78 is 6.73. The summed E-state index contributed by atoms with van der Waals surface area (Å²) in [7, 11) is 0. The van der Waals surface area contributed by atoms with Gasteiger partial charge in [-0.15, -0.1) is 0 Å². The van der Waals surface area contributed by atoms with E-state index in [0.717, 1.165) is 22.8 Å². The van der Waals surface area contributed by atoms with E-state index in [1.165, 1.54) is 0 Å². The third-order valence-corrected chi connectivity index (χ3v) is 2.93. The fraction of sp³-hybridized carbons (Fsp3) is 0.357. The van der Waals surface area contributed by atoms with Gasteiger partial charge in [0.1, 0.15) is 0 Å². The van der Waals surface area contributed by atoms with Crippen LogP contribution in [0.2, 0.25) is 0 Å². The normalized spacial score (nSPS) is 10.5. The van der Waals surface area contributed by atoms with Gasteiger partial charge < -0.3 is 4.74 Å². The van der Waals surface area contributed by atoms with Gasteiger partial charge in [-0.2, -0.15) is 5.10 Å². The molecule has 5 nitrogen and oxygen atoms in total. The molecule has 0 atom stereocenters. The highest BCUT2D eigenvalue weighted by atomic mass is 16.5. The molecular weight excluding hydrogens is 242 g/mol. The summed E-state index contributed by atoms with van der Waals surface area (Å²) in [6.45, 7) is 6.02. The van der Waals surface area contributed by atoms with Crippen LogP contribution in [0.1, 0.15) is 23.9 Å². The lowest BCUT2D eigenvalue weighted by Gasteiger charge is -2.04. The molecule has 0 spiro atoms. The zero-order valence-electron chi connectivity index (χ0n) is 11.4. The first-order valence-electron chi connectivity index (χ1n) is 6.25. The number of carbonyl (C=O) groups excluding carboxylic acids is 1. The molecule has 2 rings (SSSR count). The van der Waals surface area contributed by atoms with Gasteiger partial charge >= 0.3 is 5.97 Å². The smallest absolute Gasteiger partial charge is 0.310 e. The molecule has 0 aliphatic rings. The van der Waals surface area contributed by atoms with Gasteiger partial charge in [-0.3, -0.25) is 4.79 Å². The van der Waals surface area contributed by atoms with Gasteiger partial charge in [0.2, 0.25) is 0 Å². The van der Waals surface area contributed by atoms with Crippen molar-refractivity contribution in [1.29, 1.82) is 0 Å². The van der Waals surface area contributed by atoms with Gasteiger partial charge in [0, 0.05) is 17.5 Å². The molecule has 0 radical (unpaired) electrons. The van der Waals surface area contributed by atoms with E-state index >= 15 is 0 Å². The average molecular weight is 259 g/mol. The van der Waals surface area contributed by atoms with Gasteiger partial charge in [0.25, 0.3) is 0 Å². The van der Waals surface area contributed by atoms with Crippen LogP contribution in [0.4, 0.5) is 0 Å². The van der Waals surface area contributed by atoms with Gasteiger partial charge in [-0.1, -0.05) is 6.07 Å². The van der Waals surface area contributed by atoms with Crippen molar-refractivity contribution in [2.45, 2.75) is 27.2 Å². The minimum absolute atomic E-state index is 0.228. The van der Waals surface area contributed by atoms with Crippen LogP contribution >= 0.6 is 0 Å². The molecule has 0 aliphatic carbocycles. The molecule has 5 heteroatoms.